The molecule has 2 unspecified atom stereocenters. The molecular formula is C9H16N2O2. The Labute approximate surface area is 77.7 Å². The van der Waals surface area contributed by atoms with Gasteiger partial charge in [0, 0.05) is 18.6 Å². The maximum Gasteiger partial charge on any atom is 0.227 e. The molecule has 2 saturated carbocycles. The summed E-state index contributed by atoms with van der Waals surface area (Å²) in [4.78, 5) is 13.5. The molecule has 4 heteroatoms. The number of hydrogen-bond acceptors (Lipinski definition) is 3. The summed E-state index contributed by atoms with van der Waals surface area (Å²) in [6, 6.07) is 0.472. The molecular weight excluding hydrogens is 168 g/mol. The highest BCUT2D eigenvalue weighted by Crippen LogP contribution is 2.34. The summed E-state index contributed by atoms with van der Waals surface area (Å²) in [5.74, 6) is 0.205. The van der Waals surface area contributed by atoms with E-state index in [1.54, 1.807) is 4.90 Å². The molecule has 0 radical (unpaired) electrons. The highest BCUT2D eigenvalue weighted by molar-refractivity contribution is 5.83. The molecule has 0 bridgehead atoms. The molecule has 0 heterocycles. The van der Waals surface area contributed by atoms with Gasteiger partial charge in [-0.3, -0.25) is 4.79 Å². The number of nitrogens with two attached hydrogens (primary N) is 1. The first-order chi connectivity index (χ1) is 6.24. The Balaban J connectivity index is 1.90. The molecule has 3 N–H and O–H groups in total. The van der Waals surface area contributed by atoms with Crippen LogP contribution in [0.3, 0.4) is 0 Å². The van der Waals surface area contributed by atoms with Gasteiger partial charge in [-0.2, -0.15) is 0 Å². The van der Waals surface area contributed by atoms with E-state index >= 15 is 0 Å². The number of aliphatic hydroxyl groups is 1. The number of hydrogen-bond donors (Lipinski definition) is 2. The second-order valence-electron chi connectivity index (χ2n) is 3.99. The number of nitrogens with zero attached hydrogens (tertiary/aromatic N) is 1. The predicted octanol–water partition coefficient (Wildman–Crippen LogP) is -0.683. The standard InChI is InChI=1S/C9H16N2O2/c10-8-5-7(8)9(13)11(3-4-12)6-1-2-6/h6-8,12H,1-5,10H2. The monoisotopic (exact) mass is 184 g/mol. The number of rotatable bonds is 4. The lowest BCUT2D eigenvalue weighted by molar-refractivity contribution is -0.133. The smallest absolute Gasteiger partial charge is 0.227 e. The zero-order valence-electron chi connectivity index (χ0n) is 7.65. The Kier molecular flexibility index (Phi) is 2.26. The minimum Gasteiger partial charge on any atom is -0.395 e. The van der Waals surface area contributed by atoms with E-state index in [1.165, 1.54) is 0 Å². The zero-order valence-corrected chi connectivity index (χ0v) is 7.65. The van der Waals surface area contributed by atoms with Crippen molar-refractivity contribution < 1.29 is 9.90 Å². The summed E-state index contributed by atoms with van der Waals surface area (Å²) in [5, 5.41) is 8.81. The third-order valence-electron chi connectivity index (χ3n) is 2.77. The van der Waals surface area contributed by atoms with Crippen molar-refractivity contribution in [2.45, 2.75) is 31.3 Å². The van der Waals surface area contributed by atoms with Crippen LogP contribution in [0.1, 0.15) is 19.3 Å². The second-order valence-corrected chi connectivity index (χ2v) is 3.99. The molecule has 4 nitrogen and oxygen atoms in total. The van der Waals surface area contributed by atoms with Crippen LogP contribution in [0, 0.1) is 5.92 Å². The number of carbonyl (C=O) groups excluding carboxylic acids is 1. The minimum absolute atomic E-state index is 0.0483. The summed E-state index contributed by atoms with van der Waals surface area (Å²) >= 11 is 0. The van der Waals surface area contributed by atoms with Gasteiger partial charge in [0.2, 0.25) is 5.91 Å². The number of aliphatic hydroxyl groups excluding tert-OH is 1. The van der Waals surface area contributed by atoms with Gasteiger partial charge in [0.1, 0.15) is 0 Å². The fourth-order valence-electron chi connectivity index (χ4n) is 1.68. The van der Waals surface area contributed by atoms with Crippen molar-refractivity contribution in [3.8, 4) is 0 Å². The highest BCUT2D eigenvalue weighted by atomic mass is 16.3. The number of amides is 1. The normalized spacial score (nSPS) is 31.5. The van der Waals surface area contributed by atoms with E-state index in [-0.39, 0.29) is 24.5 Å². The van der Waals surface area contributed by atoms with Crippen LogP contribution in [0.25, 0.3) is 0 Å². The van der Waals surface area contributed by atoms with E-state index in [0.717, 1.165) is 19.3 Å². The summed E-state index contributed by atoms with van der Waals surface area (Å²) in [5.41, 5.74) is 5.61. The van der Waals surface area contributed by atoms with Crippen molar-refractivity contribution in [2.75, 3.05) is 13.2 Å². The molecule has 2 rings (SSSR count). The second kappa shape index (κ2) is 3.27. The molecule has 74 valence electrons. The largest absolute Gasteiger partial charge is 0.395 e. The fraction of sp³-hybridized carbons (Fsp3) is 0.889. The molecule has 2 fully saturated rings. The van der Waals surface area contributed by atoms with Crippen molar-refractivity contribution in [3.63, 3.8) is 0 Å². The van der Waals surface area contributed by atoms with Gasteiger partial charge in [-0.1, -0.05) is 0 Å². The summed E-state index contributed by atoms with van der Waals surface area (Å²) in [6.07, 6.45) is 3.01. The van der Waals surface area contributed by atoms with Crippen LogP contribution in [0.4, 0.5) is 0 Å². The molecule has 0 aromatic rings. The average Bonchev–Trinajstić information content (AvgIpc) is 2.93. The maximum atomic E-state index is 11.7. The Morgan fingerprint density at radius 2 is 2.15 bits per heavy atom. The molecule has 0 saturated heterocycles. The Bertz CT molecular complexity index is 216. The topological polar surface area (TPSA) is 66.6 Å². The maximum absolute atomic E-state index is 11.7. The van der Waals surface area contributed by atoms with Gasteiger partial charge >= 0.3 is 0 Å². The summed E-state index contributed by atoms with van der Waals surface area (Å²) in [7, 11) is 0. The average molecular weight is 184 g/mol. The Morgan fingerprint density at radius 1 is 1.54 bits per heavy atom. The quantitative estimate of drug-likeness (QED) is 0.608. The van der Waals surface area contributed by atoms with Crippen molar-refractivity contribution in [2.24, 2.45) is 11.7 Å². The van der Waals surface area contributed by atoms with Gasteiger partial charge in [-0.05, 0) is 19.3 Å². The third kappa shape index (κ3) is 1.84. The molecule has 2 atom stereocenters. The van der Waals surface area contributed by atoms with Crippen LogP contribution >= 0.6 is 0 Å². The minimum atomic E-state index is 0.0483. The highest BCUT2D eigenvalue weighted by Gasteiger charge is 2.45. The van der Waals surface area contributed by atoms with Crippen LogP contribution in [0.5, 0.6) is 0 Å². The van der Waals surface area contributed by atoms with E-state index in [4.69, 9.17) is 10.8 Å². The van der Waals surface area contributed by atoms with E-state index in [2.05, 4.69) is 0 Å². The summed E-state index contributed by atoms with van der Waals surface area (Å²) < 4.78 is 0. The van der Waals surface area contributed by atoms with Crippen LogP contribution < -0.4 is 5.73 Å². The van der Waals surface area contributed by atoms with Gasteiger partial charge < -0.3 is 15.7 Å². The van der Waals surface area contributed by atoms with Gasteiger partial charge in [0.25, 0.3) is 0 Å². The van der Waals surface area contributed by atoms with E-state index in [0.29, 0.717) is 12.6 Å². The molecule has 2 aliphatic rings. The molecule has 0 spiro atoms. The van der Waals surface area contributed by atoms with E-state index in [1.807, 2.05) is 0 Å². The van der Waals surface area contributed by atoms with E-state index in [9.17, 15) is 4.79 Å². The van der Waals surface area contributed by atoms with Crippen molar-refractivity contribution in [1.29, 1.82) is 0 Å². The predicted molar refractivity (Wildman–Crippen MR) is 47.9 cm³/mol. The van der Waals surface area contributed by atoms with Crippen molar-refractivity contribution >= 4 is 5.91 Å². The van der Waals surface area contributed by atoms with Crippen LogP contribution in [-0.2, 0) is 4.79 Å². The molecule has 13 heavy (non-hydrogen) atoms. The lowest BCUT2D eigenvalue weighted by Crippen LogP contribution is -2.37. The molecule has 1 amide bonds. The fourth-order valence-corrected chi connectivity index (χ4v) is 1.68. The first-order valence-corrected chi connectivity index (χ1v) is 4.91. The van der Waals surface area contributed by atoms with Crippen LogP contribution in [0.15, 0.2) is 0 Å². The third-order valence-corrected chi connectivity index (χ3v) is 2.77. The number of carbonyl (C=O) groups is 1. The van der Waals surface area contributed by atoms with Gasteiger partial charge in [0.15, 0.2) is 0 Å². The lowest BCUT2D eigenvalue weighted by Gasteiger charge is -2.21. The molecule has 0 aromatic heterocycles. The van der Waals surface area contributed by atoms with Gasteiger partial charge in [0.05, 0.1) is 12.5 Å². The van der Waals surface area contributed by atoms with Crippen LogP contribution in [-0.4, -0.2) is 41.1 Å². The summed E-state index contributed by atoms with van der Waals surface area (Å²) in [6.45, 7) is 0.539. The van der Waals surface area contributed by atoms with Crippen molar-refractivity contribution in [3.05, 3.63) is 0 Å². The lowest BCUT2D eigenvalue weighted by atomic mass is 10.3. The Morgan fingerprint density at radius 3 is 2.54 bits per heavy atom. The van der Waals surface area contributed by atoms with Crippen molar-refractivity contribution in [1.82, 2.24) is 4.90 Å². The molecule has 0 aromatic carbocycles. The molecule has 2 aliphatic carbocycles. The van der Waals surface area contributed by atoms with Crippen LogP contribution in [0.2, 0.25) is 0 Å². The first-order valence-electron chi connectivity index (χ1n) is 4.91. The SMILES string of the molecule is NC1CC1C(=O)N(CCO)C1CC1. The zero-order chi connectivity index (χ0) is 9.42. The van der Waals surface area contributed by atoms with E-state index < -0.39 is 0 Å². The Hall–Kier alpha value is -0.610. The van der Waals surface area contributed by atoms with Gasteiger partial charge in [-0.15, -0.1) is 0 Å². The van der Waals surface area contributed by atoms with Gasteiger partial charge in [-0.25, -0.2) is 0 Å². The molecule has 0 aliphatic heterocycles. The first kappa shape index (κ1) is 8.97.